The molecule has 1 N–H and O–H groups in total. The van der Waals surface area contributed by atoms with Crippen molar-refractivity contribution >= 4 is 5.82 Å². The molecular weight excluding hydrogens is 258 g/mol. The van der Waals surface area contributed by atoms with Crippen molar-refractivity contribution in [3.8, 4) is 11.3 Å². The van der Waals surface area contributed by atoms with Crippen molar-refractivity contribution in [1.82, 2.24) is 9.97 Å². The molecule has 3 nitrogen and oxygen atoms in total. The van der Waals surface area contributed by atoms with Gasteiger partial charge < -0.3 is 5.32 Å². The molecule has 0 atom stereocenters. The van der Waals surface area contributed by atoms with E-state index >= 15 is 0 Å². The first-order valence-corrected chi connectivity index (χ1v) is 7.53. The van der Waals surface area contributed by atoms with E-state index in [0.29, 0.717) is 0 Å². The molecule has 0 aliphatic rings. The summed E-state index contributed by atoms with van der Waals surface area (Å²) in [5, 5.41) is 3.20. The standard InChI is InChI=1S/C18H25N3/c1-7-13-9-8-10-14(11-13)15-12(2)16(19-6)21-17(20-15)18(3,4)5/h8-11H,7H2,1-6H3,(H,19,20,21). The van der Waals surface area contributed by atoms with Gasteiger partial charge in [0.2, 0.25) is 0 Å². The molecule has 0 unspecified atom stereocenters. The first-order chi connectivity index (χ1) is 9.86. The Hall–Kier alpha value is -1.90. The SMILES string of the molecule is CCc1cccc(-c2nc(C(C)(C)C)nc(NC)c2C)c1. The predicted molar refractivity (Wildman–Crippen MR) is 89.8 cm³/mol. The van der Waals surface area contributed by atoms with E-state index in [1.165, 1.54) is 5.56 Å². The van der Waals surface area contributed by atoms with Crippen LogP contribution in [0.2, 0.25) is 0 Å². The zero-order valence-electron chi connectivity index (χ0n) is 13.9. The molecule has 21 heavy (non-hydrogen) atoms. The van der Waals surface area contributed by atoms with Crippen molar-refractivity contribution in [2.24, 2.45) is 0 Å². The average Bonchev–Trinajstić information content (AvgIpc) is 2.46. The first-order valence-electron chi connectivity index (χ1n) is 7.53. The molecule has 0 saturated heterocycles. The monoisotopic (exact) mass is 283 g/mol. The minimum absolute atomic E-state index is 0.0730. The molecule has 0 radical (unpaired) electrons. The summed E-state index contributed by atoms with van der Waals surface area (Å²) in [6.07, 6.45) is 1.03. The van der Waals surface area contributed by atoms with Crippen LogP contribution in [0.4, 0.5) is 5.82 Å². The fourth-order valence-electron chi connectivity index (χ4n) is 2.32. The van der Waals surface area contributed by atoms with Crippen LogP contribution in [0.5, 0.6) is 0 Å². The van der Waals surface area contributed by atoms with Gasteiger partial charge in [-0.15, -0.1) is 0 Å². The fourth-order valence-corrected chi connectivity index (χ4v) is 2.32. The molecule has 0 amide bonds. The van der Waals surface area contributed by atoms with Gasteiger partial charge in [0.25, 0.3) is 0 Å². The van der Waals surface area contributed by atoms with Crippen molar-refractivity contribution in [1.29, 1.82) is 0 Å². The summed E-state index contributed by atoms with van der Waals surface area (Å²) >= 11 is 0. The normalized spacial score (nSPS) is 11.5. The zero-order valence-corrected chi connectivity index (χ0v) is 13.9. The lowest BCUT2D eigenvalue weighted by atomic mass is 9.94. The van der Waals surface area contributed by atoms with Gasteiger partial charge >= 0.3 is 0 Å². The second-order valence-corrected chi connectivity index (χ2v) is 6.42. The minimum Gasteiger partial charge on any atom is -0.373 e. The first kappa shape index (κ1) is 15.5. The van der Waals surface area contributed by atoms with E-state index in [9.17, 15) is 0 Å². The van der Waals surface area contributed by atoms with E-state index in [1.807, 2.05) is 7.05 Å². The van der Waals surface area contributed by atoms with Crippen LogP contribution in [0.25, 0.3) is 11.3 Å². The molecule has 0 aliphatic heterocycles. The molecule has 112 valence electrons. The van der Waals surface area contributed by atoms with Crippen molar-refractivity contribution < 1.29 is 0 Å². The van der Waals surface area contributed by atoms with Crippen LogP contribution in [0.15, 0.2) is 24.3 Å². The van der Waals surface area contributed by atoms with Gasteiger partial charge in [-0.2, -0.15) is 0 Å². The number of rotatable bonds is 3. The van der Waals surface area contributed by atoms with Gasteiger partial charge in [0.15, 0.2) is 0 Å². The summed E-state index contributed by atoms with van der Waals surface area (Å²) in [5.74, 6) is 1.78. The lowest BCUT2D eigenvalue weighted by Crippen LogP contribution is -2.18. The molecule has 0 aliphatic carbocycles. The molecule has 3 heteroatoms. The van der Waals surface area contributed by atoms with Crippen molar-refractivity contribution in [3.05, 3.63) is 41.2 Å². The Labute approximate surface area is 127 Å². The van der Waals surface area contributed by atoms with Crippen LogP contribution in [-0.2, 0) is 11.8 Å². The summed E-state index contributed by atoms with van der Waals surface area (Å²) in [4.78, 5) is 9.52. The molecule has 1 aromatic heterocycles. The van der Waals surface area contributed by atoms with Gasteiger partial charge in [0, 0.05) is 23.6 Å². The van der Waals surface area contributed by atoms with Gasteiger partial charge in [-0.1, -0.05) is 45.9 Å². The highest BCUT2D eigenvalue weighted by Crippen LogP contribution is 2.29. The summed E-state index contributed by atoms with van der Waals surface area (Å²) in [5.41, 5.74) is 4.54. The highest BCUT2D eigenvalue weighted by molar-refractivity contribution is 5.68. The average molecular weight is 283 g/mol. The maximum absolute atomic E-state index is 4.85. The summed E-state index contributed by atoms with van der Waals surface area (Å²) in [6, 6.07) is 8.61. The molecule has 0 saturated carbocycles. The van der Waals surface area contributed by atoms with E-state index in [4.69, 9.17) is 4.98 Å². The third-order valence-electron chi connectivity index (χ3n) is 3.66. The lowest BCUT2D eigenvalue weighted by Gasteiger charge is -2.20. The Kier molecular flexibility index (Phi) is 4.31. The van der Waals surface area contributed by atoms with Crippen LogP contribution >= 0.6 is 0 Å². The molecule has 2 rings (SSSR count). The lowest BCUT2D eigenvalue weighted by molar-refractivity contribution is 0.546. The maximum atomic E-state index is 4.85. The number of aromatic nitrogens is 2. The summed E-state index contributed by atoms with van der Waals surface area (Å²) in [7, 11) is 1.91. The molecule has 0 bridgehead atoms. The number of nitrogens with zero attached hydrogens (tertiary/aromatic N) is 2. The number of nitrogens with one attached hydrogen (secondary N) is 1. The van der Waals surface area contributed by atoms with Gasteiger partial charge in [-0.3, -0.25) is 0 Å². The second-order valence-electron chi connectivity index (χ2n) is 6.42. The number of aryl methyl sites for hydroxylation is 1. The highest BCUT2D eigenvalue weighted by atomic mass is 15.0. The highest BCUT2D eigenvalue weighted by Gasteiger charge is 2.21. The van der Waals surface area contributed by atoms with E-state index in [1.54, 1.807) is 0 Å². The molecule has 1 heterocycles. The van der Waals surface area contributed by atoms with E-state index in [0.717, 1.165) is 34.9 Å². The Morgan fingerprint density at radius 3 is 2.43 bits per heavy atom. The molecule has 1 aromatic carbocycles. The molecule has 2 aromatic rings. The van der Waals surface area contributed by atoms with Crippen LogP contribution in [0.1, 0.15) is 44.6 Å². The fraction of sp³-hybridized carbons (Fsp3) is 0.444. The van der Waals surface area contributed by atoms with Gasteiger partial charge in [0.1, 0.15) is 11.6 Å². The Morgan fingerprint density at radius 2 is 1.86 bits per heavy atom. The smallest absolute Gasteiger partial charge is 0.136 e. The third kappa shape index (κ3) is 3.23. The van der Waals surface area contributed by atoms with Crippen molar-refractivity contribution in [3.63, 3.8) is 0 Å². The van der Waals surface area contributed by atoms with Crippen molar-refractivity contribution in [2.75, 3.05) is 12.4 Å². The van der Waals surface area contributed by atoms with Crippen molar-refractivity contribution in [2.45, 2.75) is 46.5 Å². The van der Waals surface area contributed by atoms with E-state index < -0.39 is 0 Å². The predicted octanol–water partition coefficient (Wildman–Crippen LogP) is 4.35. The Morgan fingerprint density at radius 1 is 1.14 bits per heavy atom. The molecule has 0 spiro atoms. The minimum atomic E-state index is -0.0730. The second kappa shape index (κ2) is 5.84. The summed E-state index contributed by atoms with van der Waals surface area (Å²) in [6.45, 7) is 10.7. The van der Waals surface area contributed by atoms with Crippen LogP contribution in [0.3, 0.4) is 0 Å². The number of hydrogen-bond acceptors (Lipinski definition) is 3. The van der Waals surface area contributed by atoms with Crippen LogP contribution in [-0.4, -0.2) is 17.0 Å². The van der Waals surface area contributed by atoms with Gasteiger partial charge in [-0.25, -0.2) is 9.97 Å². The third-order valence-corrected chi connectivity index (χ3v) is 3.66. The zero-order chi connectivity index (χ0) is 15.6. The number of hydrogen-bond donors (Lipinski definition) is 1. The topological polar surface area (TPSA) is 37.8 Å². The number of anilines is 1. The van der Waals surface area contributed by atoms with Crippen LogP contribution < -0.4 is 5.32 Å². The van der Waals surface area contributed by atoms with E-state index in [-0.39, 0.29) is 5.41 Å². The van der Waals surface area contributed by atoms with Crippen LogP contribution in [0, 0.1) is 6.92 Å². The van der Waals surface area contributed by atoms with Gasteiger partial charge in [-0.05, 0) is 25.0 Å². The molecule has 0 fully saturated rings. The Balaban J connectivity index is 2.66. The van der Waals surface area contributed by atoms with E-state index in [2.05, 4.69) is 69.2 Å². The Bertz CT molecular complexity index is 639. The summed E-state index contributed by atoms with van der Waals surface area (Å²) < 4.78 is 0. The van der Waals surface area contributed by atoms with Gasteiger partial charge in [0.05, 0.1) is 5.69 Å². The number of benzene rings is 1. The largest absolute Gasteiger partial charge is 0.373 e. The maximum Gasteiger partial charge on any atom is 0.136 e. The molecular formula is C18H25N3. The quantitative estimate of drug-likeness (QED) is 0.909.